The molecule has 0 fully saturated rings. The van der Waals surface area contributed by atoms with Crippen molar-refractivity contribution in [1.82, 2.24) is 0 Å². The predicted molar refractivity (Wildman–Crippen MR) is 442 cm³/mol. The average Bonchev–Trinajstić information content (AvgIpc) is 0.904. The van der Waals surface area contributed by atoms with Gasteiger partial charge >= 0.3 is 39.5 Å². The standard InChI is InChI=1S/C88H172O17P2/c1-7-10-12-14-16-18-19-20-21-22-23-27-30-36-41-47-53-59-65-71-86(91)99-77-84(105-88(93)72-66-60-54-48-42-37-31-28-25-24-26-29-34-39-45-50-56-62-68-80(4)5)79-103-107(96,97)101-75-82(89)74-100-106(94,95)102-78-83(76-98-85(90)70-64-58-52-44-17-15-13-11-8-2)104-87(92)73-67-61-55-49-43-38-33-32-35-40-46-51-57-63-69-81(6)9-3/h80-84,89H,7-79H2,1-6H3,(H,94,95)(H,96,97)/t81?,82-,83+,84+/m0/s1. The summed E-state index contributed by atoms with van der Waals surface area (Å²) in [5.74, 6) is -0.434. The number of hydrogen-bond donors (Lipinski definition) is 3. The molecule has 0 aromatic rings. The maximum Gasteiger partial charge on any atom is 0.472 e. The quantitative estimate of drug-likeness (QED) is 0.0222. The van der Waals surface area contributed by atoms with E-state index in [2.05, 4.69) is 41.5 Å². The van der Waals surface area contributed by atoms with Gasteiger partial charge in [-0.05, 0) is 37.5 Å². The normalized spacial score (nSPS) is 14.0. The van der Waals surface area contributed by atoms with Crippen molar-refractivity contribution >= 4 is 39.5 Å². The Kier molecular flexibility index (Phi) is 77.9. The first-order valence-corrected chi connectivity index (χ1v) is 48.5. The third-order valence-electron chi connectivity index (χ3n) is 21.1. The van der Waals surface area contributed by atoms with Crippen LogP contribution < -0.4 is 0 Å². The van der Waals surface area contributed by atoms with Gasteiger partial charge < -0.3 is 33.8 Å². The average molecular weight is 1560 g/mol. The molecule has 0 aliphatic carbocycles. The van der Waals surface area contributed by atoms with Crippen LogP contribution in [0.4, 0.5) is 0 Å². The minimum absolute atomic E-state index is 0.108. The van der Waals surface area contributed by atoms with Crippen molar-refractivity contribution in [3.8, 4) is 0 Å². The molecule has 3 unspecified atom stereocenters. The first kappa shape index (κ1) is 105. The Morgan fingerprint density at radius 2 is 0.477 bits per heavy atom. The second-order valence-corrected chi connectivity index (χ2v) is 35.3. The van der Waals surface area contributed by atoms with Gasteiger partial charge in [0.05, 0.1) is 26.4 Å². The zero-order valence-corrected chi connectivity index (χ0v) is 72.2. The van der Waals surface area contributed by atoms with Crippen LogP contribution in [0, 0.1) is 11.8 Å². The molecule has 0 aliphatic heterocycles. The molecule has 107 heavy (non-hydrogen) atoms. The summed E-state index contributed by atoms with van der Waals surface area (Å²) in [6.45, 7) is 9.76. The van der Waals surface area contributed by atoms with Crippen molar-refractivity contribution in [2.75, 3.05) is 39.6 Å². The molecule has 0 saturated carbocycles. The third-order valence-corrected chi connectivity index (χ3v) is 23.0. The van der Waals surface area contributed by atoms with Crippen molar-refractivity contribution < 1.29 is 80.2 Å². The second kappa shape index (κ2) is 79.3. The Balaban J connectivity index is 5.20. The summed E-state index contributed by atoms with van der Waals surface area (Å²) in [6.07, 6.45) is 72.2. The van der Waals surface area contributed by atoms with Gasteiger partial charge in [-0.3, -0.25) is 37.3 Å². The molecule has 636 valence electrons. The SMILES string of the molecule is CCCCCCCCCCCCCCCCCCCCCC(=O)OC[C@H](COP(=O)(O)OC[C@@H](O)COP(=O)(O)OC[C@@H](COC(=O)CCCCCCCCCCC)OC(=O)CCCCCCCCCCCCCCCCC(C)CC)OC(=O)CCCCCCCCCCCCCCCCCCCCC(C)C. The Morgan fingerprint density at radius 3 is 0.710 bits per heavy atom. The summed E-state index contributed by atoms with van der Waals surface area (Å²) in [6, 6.07) is 0. The molecule has 0 rings (SSSR count). The zero-order chi connectivity index (χ0) is 78.5. The van der Waals surface area contributed by atoms with Crippen LogP contribution in [0.1, 0.15) is 472 Å². The summed E-state index contributed by atoms with van der Waals surface area (Å²) in [5, 5.41) is 10.7. The van der Waals surface area contributed by atoms with Crippen LogP contribution >= 0.6 is 15.6 Å². The maximum atomic E-state index is 13.2. The van der Waals surface area contributed by atoms with Crippen molar-refractivity contribution in [2.24, 2.45) is 11.8 Å². The van der Waals surface area contributed by atoms with Crippen LogP contribution in [-0.2, 0) is 65.4 Å². The highest BCUT2D eigenvalue weighted by Crippen LogP contribution is 2.45. The van der Waals surface area contributed by atoms with E-state index in [1.165, 1.54) is 289 Å². The van der Waals surface area contributed by atoms with Crippen LogP contribution in [0.2, 0.25) is 0 Å². The Morgan fingerprint density at radius 1 is 0.271 bits per heavy atom. The number of aliphatic hydroxyl groups is 1. The van der Waals surface area contributed by atoms with Gasteiger partial charge in [0.15, 0.2) is 12.2 Å². The summed E-state index contributed by atoms with van der Waals surface area (Å²) in [4.78, 5) is 73.2. The van der Waals surface area contributed by atoms with Gasteiger partial charge in [-0.15, -0.1) is 0 Å². The Bertz CT molecular complexity index is 2050. The smallest absolute Gasteiger partial charge is 0.462 e. The van der Waals surface area contributed by atoms with Crippen LogP contribution in [0.15, 0.2) is 0 Å². The fraction of sp³-hybridized carbons (Fsp3) is 0.955. The molecule has 0 amide bonds. The van der Waals surface area contributed by atoms with Gasteiger partial charge in [0.1, 0.15) is 19.3 Å². The van der Waals surface area contributed by atoms with Crippen molar-refractivity contribution in [2.45, 2.75) is 490 Å². The van der Waals surface area contributed by atoms with Crippen LogP contribution in [0.3, 0.4) is 0 Å². The number of ether oxygens (including phenoxy) is 4. The second-order valence-electron chi connectivity index (χ2n) is 32.4. The van der Waals surface area contributed by atoms with E-state index in [0.29, 0.717) is 25.7 Å². The number of carbonyl (C=O) groups is 4. The van der Waals surface area contributed by atoms with Crippen LogP contribution in [0.5, 0.6) is 0 Å². The van der Waals surface area contributed by atoms with Gasteiger partial charge in [-0.1, -0.05) is 420 Å². The highest BCUT2D eigenvalue weighted by molar-refractivity contribution is 7.47. The van der Waals surface area contributed by atoms with E-state index in [4.69, 9.17) is 37.0 Å². The van der Waals surface area contributed by atoms with Gasteiger partial charge in [-0.2, -0.15) is 0 Å². The van der Waals surface area contributed by atoms with E-state index in [9.17, 15) is 43.2 Å². The molecule has 17 nitrogen and oxygen atoms in total. The van der Waals surface area contributed by atoms with Crippen LogP contribution in [-0.4, -0.2) is 96.7 Å². The highest BCUT2D eigenvalue weighted by atomic mass is 31.2. The summed E-state index contributed by atoms with van der Waals surface area (Å²) in [7, 11) is -9.93. The lowest BCUT2D eigenvalue weighted by Crippen LogP contribution is -2.30. The van der Waals surface area contributed by atoms with Crippen molar-refractivity contribution in [3.63, 3.8) is 0 Å². The number of rotatable bonds is 87. The van der Waals surface area contributed by atoms with Gasteiger partial charge in [0.2, 0.25) is 0 Å². The molecule has 6 atom stereocenters. The highest BCUT2D eigenvalue weighted by Gasteiger charge is 2.31. The topological polar surface area (TPSA) is 237 Å². The number of aliphatic hydroxyl groups excluding tert-OH is 1. The minimum atomic E-state index is -4.97. The molecule has 0 aliphatic rings. The molecule has 19 heteroatoms. The first-order valence-electron chi connectivity index (χ1n) is 45.5. The van der Waals surface area contributed by atoms with Crippen LogP contribution in [0.25, 0.3) is 0 Å². The lowest BCUT2D eigenvalue weighted by Gasteiger charge is -2.21. The summed E-state index contributed by atoms with van der Waals surface area (Å²) in [5.41, 5.74) is 0. The summed E-state index contributed by atoms with van der Waals surface area (Å²) >= 11 is 0. The van der Waals surface area contributed by atoms with E-state index in [1.807, 2.05) is 0 Å². The predicted octanol–water partition coefficient (Wildman–Crippen LogP) is 27.0. The Labute approximate surface area is 658 Å². The lowest BCUT2D eigenvalue weighted by atomic mass is 9.99. The molecule has 0 heterocycles. The van der Waals surface area contributed by atoms with Crippen molar-refractivity contribution in [1.29, 1.82) is 0 Å². The number of phosphoric ester groups is 2. The maximum absolute atomic E-state index is 13.2. The third kappa shape index (κ3) is 80.5. The van der Waals surface area contributed by atoms with E-state index >= 15 is 0 Å². The molecular formula is C88H172O17P2. The van der Waals surface area contributed by atoms with E-state index in [1.54, 1.807) is 0 Å². The van der Waals surface area contributed by atoms with Gasteiger partial charge in [0, 0.05) is 25.7 Å². The van der Waals surface area contributed by atoms with Gasteiger partial charge in [-0.25, -0.2) is 9.13 Å². The minimum Gasteiger partial charge on any atom is -0.462 e. The summed E-state index contributed by atoms with van der Waals surface area (Å²) < 4.78 is 68.9. The molecular weight excluding hydrogens is 1390 g/mol. The lowest BCUT2D eigenvalue weighted by molar-refractivity contribution is -0.161. The number of hydrogen-bond acceptors (Lipinski definition) is 15. The fourth-order valence-electron chi connectivity index (χ4n) is 13.7. The molecule has 0 aromatic carbocycles. The molecule has 0 radical (unpaired) electrons. The number of unbranched alkanes of at least 4 members (excludes halogenated alkanes) is 56. The largest absolute Gasteiger partial charge is 0.472 e. The first-order chi connectivity index (χ1) is 51.9. The molecule has 0 aromatic heterocycles. The molecule has 3 N–H and O–H groups in total. The Hall–Kier alpha value is -1.94. The van der Waals surface area contributed by atoms with E-state index in [0.717, 1.165) is 102 Å². The zero-order valence-electron chi connectivity index (χ0n) is 70.5. The monoisotopic (exact) mass is 1560 g/mol. The number of carbonyl (C=O) groups excluding carboxylic acids is 4. The molecule has 0 spiro atoms. The molecule has 0 saturated heterocycles. The van der Waals surface area contributed by atoms with E-state index in [-0.39, 0.29) is 25.7 Å². The fourth-order valence-corrected chi connectivity index (χ4v) is 15.3. The van der Waals surface area contributed by atoms with Crippen molar-refractivity contribution in [3.05, 3.63) is 0 Å². The van der Waals surface area contributed by atoms with Gasteiger partial charge in [0.25, 0.3) is 0 Å². The van der Waals surface area contributed by atoms with E-state index < -0.39 is 97.5 Å². The number of phosphoric acid groups is 2. The molecule has 0 bridgehead atoms. The number of esters is 4.